The van der Waals surface area contributed by atoms with E-state index < -0.39 is 11.9 Å². The van der Waals surface area contributed by atoms with Gasteiger partial charge in [0.05, 0.1) is 25.1 Å². The lowest BCUT2D eigenvalue weighted by Crippen LogP contribution is -2.08. The summed E-state index contributed by atoms with van der Waals surface area (Å²) in [5.74, 6) is 0.838. The average Bonchev–Trinajstić information content (AvgIpc) is 3.64. The summed E-state index contributed by atoms with van der Waals surface area (Å²) in [4.78, 5) is 17.7. The summed E-state index contributed by atoms with van der Waals surface area (Å²) in [5, 5.41) is 4.49. The molecule has 38 heavy (non-hydrogen) atoms. The van der Waals surface area contributed by atoms with E-state index in [-0.39, 0.29) is 11.9 Å². The van der Waals surface area contributed by atoms with Gasteiger partial charge >= 0.3 is 6.18 Å². The molecule has 6 aromatic rings. The summed E-state index contributed by atoms with van der Waals surface area (Å²) in [5.41, 5.74) is 4.90. The second-order valence-electron chi connectivity index (χ2n) is 9.58. The highest BCUT2D eigenvalue weighted by Gasteiger charge is 2.34. The van der Waals surface area contributed by atoms with E-state index >= 15 is 0 Å². The highest BCUT2D eigenvalue weighted by atomic mass is 19.4. The molecule has 0 aliphatic carbocycles. The standard InChI is InChI=1S/C26H24F3N9/c1-15(2)38-22(16(3)9-32-38)23-31-10-19-25(34-23)36(21-11-30-14-37(19)21)12-17-5-7-18(8-6-17)24-33-20(13-35(24)4)26(27,28)29/h5-11,13-15H,12H2,1-4H3. The summed E-state index contributed by atoms with van der Waals surface area (Å²) < 4.78 is 46.6. The molecule has 0 fully saturated rings. The molecule has 0 bridgehead atoms. The molecule has 0 atom stereocenters. The number of alkyl halides is 3. The van der Waals surface area contributed by atoms with E-state index in [0.29, 0.717) is 17.9 Å². The predicted molar refractivity (Wildman–Crippen MR) is 135 cm³/mol. The number of hydrogen-bond acceptors (Lipinski definition) is 5. The number of fused-ring (bicyclic) bond motifs is 3. The molecule has 0 aliphatic rings. The van der Waals surface area contributed by atoms with Crippen molar-refractivity contribution in [3.8, 4) is 22.9 Å². The molecule has 0 radical (unpaired) electrons. The van der Waals surface area contributed by atoms with Gasteiger partial charge in [0.15, 0.2) is 17.2 Å². The van der Waals surface area contributed by atoms with E-state index in [1.165, 1.54) is 4.57 Å². The molecule has 12 heteroatoms. The lowest BCUT2D eigenvalue weighted by Gasteiger charge is -2.11. The number of aryl methyl sites for hydroxylation is 2. The minimum Gasteiger partial charge on any atom is -0.333 e. The first kappa shape index (κ1) is 23.9. The van der Waals surface area contributed by atoms with Crippen molar-refractivity contribution in [2.75, 3.05) is 0 Å². The summed E-state index contributed by atoms with van der Waals surface area (Å²) >= 11 is 0. The number of hydrogen-bond donors (Lipinski definition) is 0. The molecule has 0 aliphatic heterocycles. The van der Waals surface area contributed by atoms with E-state index in [9.17, 15) is 13.2 Å². The van der Waals surface area contributed by atoms with Gasteiger partial charge in [-0.25, -0.2) is 19.9 Å². The van der Waals surface area contributed by atoms with E-state index in [1.54, 1.807) is 37.9 Å². The second-order valence-corrected chi connectivity index (χ2v) is 9.58. The van der Waals surface area contributed by atoms with Gasteiger partial charge in [-0.05, 0) is 31.9 Å². The van der Waals surface area contributed by atoms with Crippen molar-refractivity contribution >= 4 is 16.8 Å². The Kier molecular flexibility index (Phi) is 5.37. The normalized spacial score (nSPS) is 12.4. The minimum atomic E-state index is -4.49. The monoisotopic (exact) mass is 519 g/mol. The first-order valence-corrected chi connectivity index (χ1v) is 12.0. The molecule has 1 aromatic carbocycles. The SMILES string of the molecule is Cc1cnn(C(C)C)c1-c1ncc2c(n1)n(Cc1ccc(-c3nc(C(F)(F)F)cn3C)cc1)c1cncn21. The topological polar surface area (TPSA) is 83.6 Å². The maximum Gasteiger partial charge on any atom is 0.434 e. The van der Waals surface area contributed by atoms with Gasteiger partial charge in [0.2, 0.25) is 0 Å². The van der Waals surface area contributed by atoms with Crippen molar-refractivity contribution in [3.63, 3.8) is 0 Å². The first-order valence-electron chi connectivity index (χ1n) is 12.0. The Morgan fingerprint density at radius 2 is 1.76 bits per heavy atom. The van der Waals surface area contributed by atoms with Crippen LogP contribution in [0.3, 0.4) is 0 Å². The van der Waals surface area contributed by atoms with Gasteiger partial charge in [-0.1, -0.05) is 24.3 Å². The van der Waals surface area contributed by atoms with Crippen molar-refractivity contribution in [1.82, 2.24) is 43.3 Å². The zero-order valence-electron chi connectivity index (χ0n) is 21.1. The van der Waals surface area contributed by atoms with Crippen molar-refractivity contribution in [2.24, 2.45) is 7.05 Å². The van der Waals surface area contributed by atoms with Crippen LogP contribution in [0.15, 0.2) is 55.4 Å². The Balaban J connectivity index is 1.40. The maximum absolute atomic E-state index is 13.1. The Morgan fingerprint density at radius 3 is 2.45 bits per heavy atom. The lowest BCUT2D eigenvalue weighted by molar-refractivity contribution is -0.140. The molecule has 0 amide bonds. The predicted octanol–water partition coefficient (Wildman–Crippen LogP) is 5.30. The van der Waals surface area contributed by atoms with Crippen LogP contribution < -0.4 is 0 Å². The van der Waals surface area contributed by atoms with Crippen LogP contribution in [0.4, 0.5) is 13.2 Å². The minimum absolute atomic E-state index is 0.147. The highest BCUT2D eigenvalue weighted by Crippen LogP contribution is 2.31. The summed E-state index contributed by atoms with van der Waals surface area (Å²) in [7, 11) is 1.55. The van der Waals surface area contributed by atoms with Gasteiger partial charge in [-0.2, -0.15) is 18.3 Å². The van der Waals surface area contributed by atoms with E-state index in [1.807, 2.05) is 34.3 Å². The van der Waals surface area contributed by atoms with Crippen LogP contribution >= 0.6 is 0 Å². The Hall–Kier alpha value is -4.48. The van der Waals surface area contributed by atoms with Crippen molar-refractivity contribution in [3.05, 3.63) is 72.2 Å². The van der Waals surface area contributed by atoms with Gasteiger partial charge < -0.3 is 9.13 Å². The molecule has 194 valence electrons. The van der Waals surface area contributed by atoms with Crippen LogP contribution in [0.2, 0.25) is 0 Å². The Labute approximate surface area is 215 Å². The number of nitrogens with zero attached hydrogens (tertiary/aromatic N) is 9. The molecular weight excluding hydrogens is 495 g/mol. The van der Waals surface area contributed by atoms with E-state index in [0.717, 1.165) is 39.8 Å². The van der Waals surface area contributed by atoms with Gasteiger partial charge in [-0.3, -0.25) is 9.08 Å². The molecule has 5 heterocycles. The smallest absolute Gasteiger partial charge is 0.333 e. The molecule has 0 N–H and O–H groups in total. The Morgan fingerprint density at radius 1 is 1.00 bits per heavy atom. The highest BCUT2D eigenvalue weighted by molar-refractivity contribution is 5.79. The largest absolute Gasteiger partial charge is 0.434 e. The lowest BCUT2D eigenvalue weighted by atomic mass is 10.1. The average molecular weight is 520 g/mol. The summed E-state index contributed by atoms with van der Waals surface area (Å²) in [6.45, 7) is 6.59. The van der Waals surface area contributed by atoms with E-state index in [4.69, 9.17) is 4.98 Å². The Bertz CT molecular complexity index is 1780. The number of halogens is 3. The fraction of sp³-hybridized carbons (Fsp3) is 0.269. The fourth-order valence-corrected chi connectivity index (χ4v) is 4.72. The fourth-order valence-electron chi connectivity index (χ4n) is 4.72. The van der Waals surface area contributed by atoms with E-state index in [2.05, 4.69) is 38.5 Å². The van der Waals surface area contributed by atoms with Crippen LogP contribution in [-0.4, -0.2) is 43.3 Å². The van der Waals surface area contributed by atoms with Gasteiger partial charge in [-0.15, -0.1) is 0 Å². The molecule has 6 rings (SSSR count). The van der Waals surface area contributed by atoms with Gasteiger partial charge in [0, 0.05) is 24.8 Å². The molecule has 9 nitrogen and oxygen atoms in total. The molecular formula is C26H24F3N9. The van der Waals surface area contributed by atoms with Crippen LogP contribution in [-0.2, 0) is 19.8 Å². The van der Waals surface area contributed by atoms with Crippen LogP contribution in [0.5, 0.6) is 0 Å². The third-order valence-corrected chi connectivity index (χ3v) is 6.56. The molecule has 5 aromatic heterocycles. The number of rotatable bonds is 5. The second kappa shape index (κ2) is 8.54. The van der Waals surface area contributed by atoms with Crippen LogP contribution in [0.25, 0.3) is 39.7 Å². The zero-order chi connectivity index (χ0) is 26.8. The van der Waals surface area contributed by atoms with Gasteiger partial charge in [0.25, 0.3) is 0 Å². The zero-order valence-corrected chi connectivity index (χ0v) is 21.1. The third-order valence-electron chi connectivity index (χ3n) is 6.56. The summed E-state index contributed by atoms with van der Waals surface area (Å²) in [6.07, 6.45) is 3.61. The number of aromatic nitrogens is 9. The maximum atomic E-state index is 13.1. The van der Waals surface area contributed by atoms with Crippen molar-refractivity contribution in [1.29, 1.82) is 0 Å². The molecule has 0 saturated carbocycles. The molecule has 0 saturated heterocycles. The van der Waals surface area contributed by atoms with Crippen LogP contribution in [0, 0.1) is 6.92 Å². The molecule has 0 unspecified atom stereocenters. The van der Waals surface area contributed by atoms with Crippen molar-refractivity contribution in [2.45, 2.75) is 39.5 Å². The third kappa shape index (κ3) is 3.83. The van der Waals surface area contributed by atoms with Gasteiger partial charge in [0.1, 0.15) is 29.0 Å². The molecule has 0 spiro atoms. The quantitative estimate of drug-likeness (QED) is 0.309. The number of benzene rings is 1. The van der Waals surface area contributed by atoms with Crippen molar-refractivity contribution < 1.29 is 13.2 Å². The first-order chi connectivity index (χ1) is 18.1. The number of imidazole rings is 3. The summed E-state index contributed by atoms with van der Waals surface area (Å²) in [6, 6.07) is 7.48. The van der Waals surface area contributed by atoms with Crippen LogP contribution in [0.1, 0.15) is 36.7 Å².